The molecule has 2 N–H and O–H groups in total. The Morgan fingerprint density at radius 1 is 1.21 bits per heavy atom. The van der Waals surface area contributed by atoms with Gasteiger partial charge in [-0.3, -0.25) is 0 Å². The van der Waals surface area contributed by atoms with Crippen molar-refractivity contribution in [1.29, 1.82) is 0 Å². The van der Waals surface area contributed by atoms with Gasteiger partial charge in [0, 0.05) is 32.5 Å². The summed E-state index contributed by atoms with van der Waals surface area (Å²) in [4.78, 5) is 6.35. The Morgan fingerprint density at radius 2 is 1.79 bits per heavy atom. The van der Waals surface area contributed by atoms with Gasteiger partial charge in [0.05, 0.1) is 23.9 Å². The summed E-state index contributed by atoms with van der Waals surface area (Å²) in [6, 6.07) is 1.71. The fourth-order valence-corrected chi connectivity index (χ4v) is 1.84. The van der Waals surface area contributed by atoms with Crippen LogP contribution in [0.1, 0.15) is 13.8 Å². The molecule has 5 nitrogen and oxygen atoms in total. The molecule has 0 aromatic carbocycles. The molecule has 19 heavy (non-hydrogen) atoms. The first kappa shape index (κ1) is 16.0. The number of ether oxygens (including phenoxy) is 2. The summed E-state index contributed by atoms with van der Waals surface area (Å²) in [5, 5.41) is 0.538. The van der Waals surface area contributed by atoms with Crippen LogP contribution in [0.2, 0.25) is 5.02 Å². The van der Waals surface area contributed by atoms with Crippen molar-refractivity contribution < 1.29 is 9.47 Å². The van der Waals surface area contributed by atoms with Gasteiger partial charge in [0.2, 0.25) is 0 Å². The molecule has 6 heteroatoms. The van der Waals surface area contributed by atoms with Crippen molar-refractivity contribution in [3.8, 4) is 0 Å². The van der Waals surface area contributed by atoms with Gasteiger partial charge in [0.25, 0.3) is 0 Å². The number of nitrogens with two attached hydrogens (primary N) is 1. The molecule has 0 amide bonds. The number of rotatable bonds is 9. The maximum Gasteiger partial charge on any atom is 0.152 e. The number of hydrogen-bond donors (Lipinski definition) is 1. The van der Waals surface area contributed by atoms with Crippen LogP contribution >= 0.6 is 11.6 Å². The topological polar surface area (TPSA) is 60.6 Å². The van der Waals surface area contributed by atoms with E-state index in [1.807, 2.05) is 13.8 Å². The Labute approximate surface area is 119 Å². The molecule has 0 unspecified atom stereocenters. The smallest absolute Gasteiger partial charge is 0.152 e. The van der Waals surface area contributed by atoms with Gasteiger partial charge in [-0.2, -0.15) is 0 Å². The van der Waals surface area contributed by atoms with Gasteiger partial charge < -0.3 is 20.1 Å². The van der Waals surface area contributed by atoms with E-state index in [9.17, 15) is 0 Å². The molecule has 0 saturated heterocycles. The molecule has 1 rings (SSSR count). The summed E-state index contributed by atoms with van der Waals surface area (Å²) in [6.45, 7) is 8.04. The molecular weight excluding hydrogens is 266 g/mol. The first-order valence-corrected chi connectivity index (χ1v) is 6.88. The molecule has 0 saturated carbocycles. The zero-order chi connectivity index (χ0) is 14.1. The summed E-state index contributed by atoms with van der Waals surface area (Å²) < 4.78 is 10.8. The van der Waals surface area contributed by atoms with Crippen LogP contribution in [0.25, 0.3) is 0 Å². The highest BCUT2D eigenvalue weighted by Gasteiger charge is 2.11. The predicted octanol–water partition coefficient (Wildman–Crippen LogP) is 2.20. The molecule has 0 radical (unpaired) electrons. The van der Waals surface area contributed by atoms with Gasteiger partial charge in [-0.05, 0) is 19.9 Å². The zero-order valence-corrected chi connectivity index (χ0v) is 12.3. The lowest BCUT2D eigenvalue weighted by Gasteiger charge is -2.24. The van der Waals surface area contributed by atoms with Crippen molar-refractivity contribution in [3.05, 3.63) is 17.3 Å². The lowest BCUT2D eigenvalue weighted by Crippen LogP contribution is -2.32. The average molecular weight is 288 g/mol. The van der Waals surface area contributed by atoms with E-state index in [1.54, 1.807) is 12.3 Å². The van der Waals surface area contributed by atoms with Crippen LogP contribution in [0.4, 0.5) is 11.5 Å². The highest BCUT2D eigenvalue weighted by Crippen LogP contribution is 2.23. The third-order valence-electron chi connectivity index (χ3n) is 2.58. The van der Waals surface area contributed by atoms with E-state index >= 15 is 0 Å². The van der Waals surface area contributed by atoms with Crippen molar-refractivity contribution in [2.45, 2.75) is 13.8 Å². The summed E-state index contributed by atoms with van der Waals surface area (Å²) >= 11 is 5.86. The van der Waals surface area contributed by atoms with Crippen LogP contribution in [0.3, 0.4) is 0 Å². The van der Waals surface area contributed by atoms with E-state index in [4.69, 9.17) is 26.8 Å². The molecule has 1 aromatic rings. The Morgan fingerprint density at radius 3 is 2.26 bits per heavy atom. The third-order valence-corrected chi connectivity index (χ3v) is 2.79. The number of nitrogen functional groups attached to an aromatic ring is 1. The minimum atomic E-state index is 0.538. The molecule has 0 spiro atoms. The van der Waals surface area contributed by atoms with Crippen LogP contribution in [0, 0.1) is 0 Å². The summed E-state index contributed by atoms with van der Waals surface area (Å²) in [5.74, 6) is 0.726. The van der Waals surface area contributed by atoms with Crippen molar-refractivity contribution in [3.63, 3.8) is 0 Å². The van der Waals surface area contributed by atoms with Gasteiger partial charge in [0.15, 0.2) is 5.82 Å². The molecule has 1 aromatic heterocycles. The number of hydrogen-bond acceptors (Lipinski definition) is 5. The Bertz CT molecular complexity index is 367. The largest absolute Gasteiger partial charge is 0.396 e. The third kappa shape index (κ3) is 5.63. The quantitative estimate of drug-likeness (QED) is 0.706. The molecule has 0 fully saturated rings. The van der Waals surface area contributed by atoms with E-state index in [1.165, 1.54) is 0 Å². The van der Waals surface area contributed by atoms with Gasteiger partial charge in [0.1, 0.15) is 0 Å². The van der Waals surface area contributed by atoms with Gasteiger partial charge >= 0.3 is 0 Å². The standard InChI is InChI=1S/C13H22ClN3O2/c1-3-18-7-5-17(6-8-19-4-2)13-12(15)9-11(14)10-16-13/h9-10H,3-8,15H2,1-2H3. The van der Waals surface area contributed by atoms with Gasteiger partial charge in [-0.25, -0.2) is 4.98 Å². The van der Waals surface area contributed by atoms with Crippen molar-refractivity contribution in [1.82, 2.24) is 4.98 Å². The minimum Gasteiger partial charge on any atom is -0.396 e. The zero-order valence-electron chi connectivity index (χ0n) is 11.6. The Balaban J connectivity index is 2.69. The van der Waals surface area contributed by atoms with E-state index in [2.05, 4.69) is 9.88 Å². The fraction of sp³-hybridized carbons (Fsp3) is 0.615. The minimum absolute atomic E-state index is 0.538. The lowest BCUT2D eigenvalue weighted by molar-refractivity contribution is 0.141. The molecule has 0 aliphatic carbocycles. The molecule has 0 aliphatic rings. The van der Waals surface area contributed by atoms with Crippen LogP contribution < -0.4 is 10.6 Å². The van der Waals surface area contributed by atoms with Crippen LogP contribution in [-0.2, 0) is 9.47 Å². The maximum absolute atomic E-state index is 5.96. The highest BCUT2D eigenvalue weighted by atomic mass is 35.5. The van der Waals surface area contributed by atoms with Crippen molar-refractivity contribution in [2.24, 2.45) is 0 Å². The molecule has 0 bridgehead atoms. The Kier molecular flexibility index (Phi) is 7.55. The SMILES string of the molecule is CCOCCN(CCOCC)c1ncc(Cl)cc1N. The second-order valence-corrected chi connectivity index (χ2v) is 4.38. The average Bonchev–Trinajstić information content (AvgIpc) is 2.38. The number of halogens is 1. The normalized spacial score (nSPS) is 10.7. The van der Waals surface area contributed by atoms with E-state index in [-0.39, 0.29) is 0 Å². The monoisotopic (exact) mass is 287 g/mol. The first-order chi connectivity index (χ1) is 9.19. The number of nitrogens with zero attached hydrogens (tertiary/aromatic N) is 2. The van der Waals surface area contributed by atoms with Crippen molar-refractivity contribution in [2.75, 3.05) is 50.2 Å². The molecule has 1 heterocycles. The van der Waals surface area contributed by atoms with E-state index in [0.29, 0.717) is 37.1 Å². The van der Waals surface area contributed by atoms with Crippen LogP contribution in [0.15, 0.2) is 12.3 Å². The summed E-state index contributed by atoms with van der Waals surface area (Å²) in [7, 11) is 0. The fourth-order valence-electron chi connectivity index (χ4n) is 1.67. The van der Waals surface area contributed by atoms with E-state index in [0.717, 1.165) is 18.9 Å². The van der Waals surface area contributed by atoms with Gasteiger partial charge in [-0.1, -0.05) is 11.6 Å². The molecule has 0 atom stereocenters. The molecule has 0 aliphatic heterocycles. The number of aromatic nitrogens is 1. The van der Waals surface area contributed by atoms with Crippen molar-refractivity contribution >= 4 is 23.1 Å². The molecular formula is C13H22ClN3O2. The van der Waals surface area contributed by atoms with Gasteiger partial charge in [-0.15, -0.1) is 0 Å². The highest BCUT2D eigenvalue weighted by molar-refractivity contribution is 6.30. The summed E-state index contributed by atoms with van der Waals surface area (Å²) in [5.41, 5.74) is 6.53. The second kappa shape index (κ2) is 8.96. The first-order valence-electron chi connectivity index (χ1n) is 6.50. The Hall–Kier alpha value is -1.04. The van der Waals surface area contributed by atoms with Crippen LogP contribution in [-0.4, -0.2) is 44.5 Å². The number of anilines is 2. The summed E-state index contributed by atoms with van der Waals surface area (Å²) in [6.07, 6.45) is 1.60. The predicted molar refractivity (Wildman–Crippen MR) is 78.9 cm³/mol. The maximum atomic E-state index is 5.96. The second-order valence-electron chi connectivity index (χ2n) is 3.95. The lowest BCUT2D eigenvalue weighted by atomic mass is 10.3. The van der Waals surface area contributed by atoms with Crippen LogP contribution in [0.5, 0.6) is 0 Å². The number of pyridine rings is 1. The van der Waals surface area contributed by atoms with E-state index < -0.39 is 0 Å². The molecule has 108 valence electrons.